The minimum atomic E-state index is -0.990. The molecule has 3 rings (SSSR count). The number of rotatable bonds is 1. The smallest absolute Gasteiger partial charge is 0.259 e. The molecule has 0 radical (unpaired) electrons. The lowest BCUT2D eigenvalue weighted by molar-refractivity contribution is -0.0322. The lowest BCUT2D eigenvalue weighted by atomic mass is 10.0. The summed E-state index contributed by atoms with van der Waals surface area (Å²) < 4.78 is 0. The highest BCUT2D eigenvalue weighted by Gasteiger charge is 2.30. The number of halogens is 1. The Bertz CT molecular complexity index is 789. The first-order valence-corrected chi connectivity index (χ1v) is 7.31. The van der Waals surface area contributed by atoms with E-state index in [2.05, 4.69) is 4.98 Å². The van der Waals surface area contributed by atoms with Crippen LogP contribution in [0, 0.1) is 0 Å². The van der Waals surface area contributed by atoms with Crippen LogP contribution in [0.15, 0.2) is 29.2 Å². The molecule has 1 aliphatic rings. The van der Waals surface area contributed by atoms with Gasteiger partial charge in [-0.25, -0.2) is 0 Å². The zero-order valence-electron chi connectivity index (χ0n) is 11.6. The van der Waals surface area contributed by atoms with E-state index >= 15 is 0 Å². The Morgan fingerprint density at radius 1 is 1.32 bits per heavy atom. The van der Waals surface area contributed by atoms with Crippen molar-refractivity contribution in [2.45, 2.75) is 18.6 Å². The van der Waals surface area contributed by atoms with E-state index < -0.39 is 18.1 Å². The molecule has 0 unspecified atom stereocenters. The van der Waals surface area contributed by atoms with Gasteiger partial charge in [0.15, 0.2) is 0 Å². The third kappa shape index (κ3) is 2.61. The van der Waals surface area contributed by atoms with Gasteiger partial charge in [-0.1, -0.05) is 11.6 Å². The van der Waals surface area contributed by atoms with Crippen molar-refractivity contribution in [1.29, 1.82) is 0 Å². The number of aromatic nitrogens is 1. The fraction of sp³-hybridized carbons (Fsp3) is 0.333. The number of pyridine rings is 1. The second kappa shape index (κ2) is 5.72. The molecule has 1 aliphatic heterocycles. The van der Waals surface area contributed by atoms with Crippen LogP contribution in [0.1, 0.15) is 16.8 Å². The summed E-state index contributed by atoms with van der Waals surface area (Å²) in [6.07, 6.45) is -0.175. The molecule has 1 aromatic heterocycles. The molecule has 2 atom stereocenters. The third-order valence-corrected chi connectivity index (χ3v) is 4.14. The van der Waals surface area contributed by atoms with Crippen LogP contribution < -0.4 is 5.43 Å². The van der Waals surface area contributed by atoms with Gasteiger partial charge in [-0.05, 0) is 24.6 Å². The number of carbonyl (C=O) groups excluding carboxylic acids is 1. The minimum absolute atomic E-state index is 0.0120. The van der Waals surface area contributed by atoms with Gasteiger partial charge in [-0.15, -0.1) is 0 Å². The van der Waals surface area contributed by atoms with Crippen molar-refractivity contribution in [2.75, 3.05) is 13.1 Å². The number of amides is 1. The second-order valence-electron chi connectivity index (χ2n) is 5.40. The van der Waals surface area contributed by atoms with Crippen molar-refractivity contribution < 1.29 is 15.0 Å². The number of hydrogen-bond donors (Lipinski definition) is 3. The van der Waals surface area contributed by atoms with Crippen LogP contribution >= 0.6 is 11.6 Å². The Labute approximate surface area is 130 Å². The van der Waals surface area contributed by atoms with E-state index in [0.29, 0.717) is 22.5 Å². The first-order valence-electron chi connectivity index (χ1n) is 6.93. The Kier molecular flexibility index (Phi) is 3.90. The van der Waals surface area contributed by atoms with E-state index in [0.717, 1.165) is 0 Å². The maximum atomic E-state index is 12.5. The zero-order chi connectivity index (χ0) is 15.9. The molecule has 3 N–H and O–H groups in total. The van der Waals surface area contributed by atoms with Gasteiger partial charge in [0.05, 0.1) is 17.7 Å². The fourth-order valence-corrected chi connectivity index (χ4v) is 2.80. The molecule has 0 bridgehead atoms. The quantitative estimate of drug-likeness (QED) is 0.722. The number of fused-ring (bicyclic) bond motifs is 1. The lowest BCUT2D eigenvalue weighted by Gasteiger charge is -2.33. The van der Waals surface area contributed by atoms with Crippen molar-refractivity contribution in [3.8, 4) is 0 Å². The average molecular weight is 323 g/mol. The van der Waals surface area contributed by atoms with Crippen LogP contribution in [0.3, 0.4) is 0 Å². The molecule has 2 aromatic rings. The number of β-amino-alcohol motifs (C(OH)–C–C–N with tert-alkyl or cyclic N) is 1. The number of aliphatic hydroxyl groups excluding tert-OH is 2. The molecule has 1 amide bonds. The van der Waals surface area contributed by atoms with Gasteiger partial charge in [0.1, 0.15) is 5.56 Å². The normalized spacial score (nSPS) is 22.0. The number of hydrogen-bond acceptors (Lipinski definition) is 4. The molecule has 1 aromatic carbocycles. The highest BCUT2D eigenvalue weighted by Crippen LogP contribution is 2.17. The molecular weight excluding hydrogens is 308 g/mol. The number of H-pyrrole nitrogens is 1. The largest absolute Gasteiger partial charge is 0.390 e. The van der Waals surface area contributed by atoms with Crippen molar-refractivity contribution >= 4 is 28.4 Å². The molecule has 7 heteroatoms. The molecule has 0 aliphatic carbocycles. The maximum absolute atomic E-state index is 12.5. The molecule has 1 fully saturated rings. The molecule has 116 valence electrons. The molecule has 22 heavy (non-hydrogen) atoms. The number of piperidine rings is 1. The Balaban J connectivity index is 1.96. The van der Waals surface area contributed by atoms with Crippen LogP contribution in [0.4, 0.5) is 0 Å². The highest BCUT2D eigenvalue weighted by atomic mass is 35.5. The first-order chi connectivity index (χ1) is 10.5. The number of aromatic amines is 1. The number of aliphatic hydroxyl groups is 2. The van der Waals surface area contributed by atoms with Gasteiger partial charge < -0.3 is 20.1 Å². The predicted molar refractivity (Wildman–Crippen MR) is 82.1 cm³/mol. The summed E-state index contributed by atoms with van der Waals surface area (Å²) in [4.78, 5) is 29.2. The van der Waals surface area contributed by atoms with E-state index in [1.54, 1.807) is 18.2 Å². The van der Waals surface area contributed by atoms with Crippen LogP contribution in [-0.2, 0) is 0 Å². The van der Waals surface area contributed by atoms with Crippen molar-refractivity contribution in [1.82, 2.24) is 9.88 Å². The minimum Gasteiger partial charge on any atom is -0.390 e. The molecule has 6 nitrogen and oxygen atoms in total. The number of benzene rings is 1. The van der Waals surface area contributed by atoms with Crippen molar-refractivity contribution in [3.05, 3.63) is 45.2 Å². The van der Waals surface area contributed by atoms with E-state index in [4.69, 9.17) is 11.6 Å². The van der Waals surface area contributed by atoms with Gasteiger partial charge in [-0.2, -0.15) is 0 Å². The van der Waals surface area contributed by atoms with Gasteiger partial charge in [0, 0.05) is 29.7 Å². The monoisotopic (exact) mass is 322 g/mol. The van der Waals surface area contributed by atoms with Crippen molar-refractivity contribution in [3.63, 3.8) is 0 Å². The standard InChI is InChI=1S/C15H15ClN2O4/c16-8-1-2-9-11(5-8)17-6-10(14(9)21)15(22)18-4-3-12(19)13(20)7-18/h1-2,5-6,12-13,19-20H,3-4,7H2,(H,17,21)/t12-,13-/m1/s1. The van der Waals surface area contributed by atoms with Crippen LogP contribution in [-0.4, -0.2) is 51.3 Å². The summed E-state index contributed by atoms with van der Waals surface area (Å²) in [5.74, 6) is -0.455. The average Bonchev–Trinajstić information content (AvgIpc) is 2.49. The summed E-state index contributed by atoms with van der Waals surface area (Å²) in [7, 11) is 0. The van der Waals surface area contributed by atoms with E-state index in [9.17, 15) is 19.8 Å². The van der Waals surface area contributed by atoms with E-state index in [-0.39, 0.29) is 24.0 Å². The first kappa shape index (κ1) is 15.0. The summed E-state index contributed by atoms with van der Waals surface area (Å²) in [6, 6.07) is 4.78. The summed E-state index contributed by atoms with van der Waals surface area (Å²) in [5, 5.41) is 20.1. The number of carbonyl (C=O) groups is 1. The number of likely N-dealkylation sites (tertiary alicyclic amines) is 1. The molecule has 2 heterocycles. The maximum Gasteiger partial charge on any atom is 0.259 e. The topological polar surface area (TPSA) is 93.6 Å². The molecule has 0 spiro atoms. The SMILES string of the molecule is O=C(c1c[nH]c2cc(Cl)ccc2c1=O)N1CC[C@@H](O)[C@H](O)C1. The Morgan fingerprint density at radius 3 is 2.82 bits per heavy atom. The number of nitrogens with zero attached hydrogens (tertiary/aromatic N) is 1. The third-order valence-electron chi connectivity index (χ3n) is 3.91. The zero-order valence-corrected chi connectivity index (χ0v) is 12.4. The van der Waals surface area contributed by atoms with Crippen molar-refractivity contribution in [2.24, 2.45) is 0 Å². The summed E-state index contributed by atoms with van der Waals surface area (Å²) in [5.41, 5.74) is 0.192. The Hall–Kier alpha value is -1.89. The second-order valence-corrected chi connectivity index (χ2v) is 5.83. The molecule has 1 saturated heterocycles. The van der Waals surface area contributed by atoms with Gasteiger partial charge >= 0.3 is 0 Å². The van der Waals surface area contributed by atoms with E-state index in [1.807, 2.05) is 0 Å². The summed E-state index contributed by atoms with van der Waals surface area (Å²) >= 11 is 5.88. The van der Waals surface area contributed by atoms with E-state index in [1.165, 1.54) is 11.1 Å². The lowest BCUT2D eigenvalue weighted by Crippen LogP contribution is -2.49. The van der Waals surface area contributed by atoms with Gasteiger partial charge in [0.2, 0.25) is 5.43 Å². The van der Waals surface area contributed by atoms with Crippen LogP contribution in [0.25, 0.3) is 10.9 Å². The van der Waals surface area contributed by atoms with Gasteiger partial charge in [0.25, 0.3) is 5.91 Å². The highest BCUT2D eigenvalue weighted by molar-refractivity contribution is 6.31. The molecular formula is C15H15ClN2O4. The van der Waals surface area contributed by atoms with Crippen LogP contribution in [0.2, 0.25) is 5.02 Å². The Morgan fingerprint density at radius 2 is 2.09 bits per heavy atom. The summed E-state index contributed by atoms with van der Waals surface area (Å²) in [6.45, 7) is 0.313. The predicted octanol–water partition coefficient (Wildman–Crippen LogP) is 0.749. The van der Waals surface area contributed by atoms with Gasteiger partial charge in [-0.3, -0.25) is 9.59 Å². The van der Waals surface area contributed by atoms with Crippen LogP contribution in [0.5, 0.6) is 0 Å². The molecule has 0 saturated carbocycles. The number of nitrogens with one attached hydrogen (secondary N) is 1. The fourth-order valence-electron chi connectivity index (χ4n) is 2.63.